The summed E-state index contributed by atoms with van der Waals surface area (Å²) >= 11 is 0. The lowest BCUT2D eigenvalue weighted by Gasteiger charge is -2.33. The second-order valence-electron chi connectivity index (χ2n) is 9.04. The molecule has 1 aliphatic heterocycles. The topological polar surface area (TPSA) is 73.9 Å². The molecule has 1 saturated heterocycles. The van der Waals surface area contributed by atoms with E-state index in [-0.39, 0.29) is 17.6 Å². The highest BCUT2D eigenvalue weighted by molar-refractivity contribution is 5.95. The fourth-order valence-electron chi connectivity index (χ4n) is 4.72. The van der Waals surface area contributed by atoms with Crippen LogP contribution in [0, 0.1) is 12.7 Å². The van der Waals surface area contributed by atoms with Crippen LogP contribution in [-0.4, -0.2) is 39.1 Å². The van der Waals surface area contributed by atoms with Crippen molar-refractivity contribution in [2.45, 2.75) is 32.2 Å². The van der Waals surface area contributed by atoms with E-state index < -0.39 is 0 Å². The zero-order valence-electron chi connectivity index (χ0n) is 19.7. The van der Waals surface area contributed by atoms with Gasteiger partial charge in [0.1, 0.15) is 5.82 Å². The molecule has 35 heavy (non-hydrogen) atoms. The predicted octanol–water partition coefficient (Wildman–Crippen LogP) is 5.55. The molecule has 1 fully saturated rings. The normalized spacial score (nSPS) is 15.7. The summed E-state index contributed by atoms with van der Waals surface area (Å²) in [7, 11) is 0. The van der Waals surface area contributed by atoms with E-state index in [4.69, 9.17) is 0 Å². The van der Waals surface area contributed by atoms with Gasteiger partial charge in [-0.2, -0.15) is 5.10 Å². The van der Waals surface area contributed by atoms with Crippen molar-refractivity contribution in [3.63, 3.8) is 0 Å². The average molecular weight is 470 g/mol. The van der Waals surface area contributed by atoms with Crippen LogP contribution in [-0.2, 0) is 6.54 Å². The Hall–Kier alpha value is -4.00. The van der Waals surface area contributed by atoms with Crippen molar-refractivity contribution in [2.75, 3.05) is 18.4 Å². The van der Waals surface area contributed by atoms with Crippen LogP contribution in [0.5, 0.6) is 0 Å². The van der Waals surface area contributed by atoms with Crippen LogP contribution in [0.3, 0.4) is 0 Å². The van der Waals surface area contributed by atoms with Crippen LogP contribution >= 0.6 is 0 Å². The Morgan fingerprint density at radius 2 is 2.09 bits per heavy atom. The first-order valence-corrected chi connectivity index (χ1v) is 11.9. The maximum atomic E-state index is 13.8. The Balaban J connectivity index is 1.32. The Morgan fingerprint density at radius 3 is 2.91 bits per heavy atom. The molecule has 178 valence electrons. The number of halogens is 1. The van der Waals surface area contributed by atoms with E-state index in [9.17, 15) is 9.18 Å². The molecule has 1 amide bonds. The SMILES string of the molecule is Cc1ccc(C(=O)N2CCC[C@H](c3[nH]ncc3-c3cccc(F)c3)C2)cc1NCc1cccnc1. The van der Waals surface area contributed by atoms with E-state index >= 15 is 0 Å². The molecule has 5 rings (SSSR count). The van der Waals surface area contributed by atoms with Crippen molar-refractivity contribution in [1.29, 1.82) is 0 Å². The molecule has 0 radical (unpaired) electrons. The molecule has 6 nitrogen and oxygen atoms in total. The summed E-state index contributed by atoms with van der Waals surface area (Å²) in [6, 6.07) is 16.3. The fourth-order valence-corrected chi connectivity index (χ4v) is 4.72. The number of anilines is 1. The zero-order valence-corrected chi connectivity index (χ0v) is 19.7. The van der Waals surface area contributed by atoms with Gasteiger partial charge in [0.2, 0.25) is 0 Å². The number of nitrogens with one attached hydrogen (secondary N) is 2. The number of hydrogen-bond donors (Lipinski definition) is 2. The number of benzene rings is 2. The Labute approximate surface area is 204 Å². The first-order valence-electron chi connectivity index (χ1n) is 11.9. The summed E-state index contributed by atoms with van der Waals surface area (Å²) in [5, 5.41) is 10.8. The lowest BCUT2D eigenvalue weighted by atomic mass is 9.90. The third kappa shape index (κ3) is 5.09. The van der Waals surface area contributed by atoms with Crippen molar-refractivity contribution in [1.82, 2.24) is 20.1 Å². The van der Waals surface area contributed by atoms with Crippen molar-refractivity contribution >= 4 is 11.6 Å². The van der Waals surface area contributed by atoms with Crippen molar-refractivity contribution in [3.8, 4) is 11.1 Å². The standard InChI is InChI=1S/C28H28FN5O/c1-19-9-10-22(14-26(19)31-16-20-5-3-11-30-15-20)28(35)34-12-4-7-23(18-34)27-25(17-32-33-27)21-6-2-8-24(29)13-21/h2-3,5-6,8-11,13-15,17,23,31H,4,7,12,16,18H2,1H3,(H,32,33)/t23-/m0/s1. The van der Waals surface area contributed by atoms with E-state index in [1.807, 2.05) is 54.4 Å². The van der Waals surface area contributed by atoms with Gasteiger partial charge in [-0.05, 0) is 66.8 Å². The van der Waals surface area contributed by atoms with Crippen molar-refractivity contribution < 1.29 is 9.18 Å². The third-order valence-corrected chi connectivity index (χ3v) is 6.61. The number of likely N-dealkylation sites (tertiary alicyclic amines) is 1. The molecule has 2 N–H and O–H groups in total. The van der Waals surface area contributed by atoms with Crippen molar-refractivity contribution in [3.05, 3.63) is 101 Å². The van der Waals surface area contributed by atoms with Crippen LogP contribution in [0.2, 0.25) is 0 Å². The molecule has 0 saturated carbocycles. The molecule has 3 heterocycles. The van der Waals surface area contributed by atoms with Gasteiger partial charge in [0.05, 0.1) is 6.20 Å². The third-order valence-electron chi connectivity index (χ3n) is 6.61. The van der Waals surface area contributed by atoms with E-state index in [1.165, 1.54) is 12.1 Å². The fraction of sp³-hybridized carbons (Fsp3) is 0.250. The molecular weight excluding hydrogens is 441 g/mol. The number of hydrogen-bond acceptors (Lipinski definition) is 4. The number of H-pyrrole nitrogens is 1. The van der Waals surface area contributed by atoms with Crippen molar-refractivity contribution in [2.24, 2.45) is 0 Å². The minimum atomic E-state index is -0.276. The van der Waals surface area contributed by atoms with Gasteiger partial charge in [-0.15, -0.1) is 0 Å². The highest BCUT2D eigenvalue weighted by atomic mass is 19.1. The van der Waals surface area contributed by atoms with Gasteiger partial charge in [-0.3, -0.25) is 14.9 Å². The number of aromatic nitrogens is 3. The molecule has 1 aliphatic rings. The number of piperidine rings is 1. The number of pyridine rings is 1. The molecule has 0 unspecified atom stereocenters. The van der Waals surface area contributed by atoms with Crippen LogP contribution in [0.4, 0.5) is 10.1 Å². The van der Waals surface area contributed by atoms with E-state index in [0.29, 0.717) is 25.2 Å². The largest absolute Gasteiger partial charge is 0.381 e. The molecular formula is C28H28FN5O. The summed E-state index contributed by atoms with van der Waals surface area (Å²) in [5.41, 5.74) is 6.40. The maximum Gasteiger partial charge on any atom is 0.253 e. The number of nitrogens with zero attached hydrogens (tertiary/aromatic N) is 3. The highest BCUT2D eigenvalue weighted by Crippen LogP contribution is 2.34. The first kappa shape index (κ1) is 22.8. The minimum absolute atomic E-state index is 0.0194. The van der Waals surface area contributed by atoms with Gasteiger partial charge < -0.3 is 10.2 Å². The van der Waals surface area contributed by atoms with Crippen LogP contribution in [0.15, 0.2) is 73.2 Å². The number of carbonyl (C=O) groups excluding carboxylic acids is 1. The van der Waals surface area contributed by atoms with Gasteiger partial charge >= 0.3 is 0 Å². The summed E-state index contributed by atoms with van der Waals surface area (Å²) in [6.07, 6.45) is 7.17. The van der Waals surface area contributed by atoms with Gasteiger partial charge in [-0.1, -0.05) is 24.3 Å². The van der Waals surface area contributed by atoms with E-state index in [1.54, 1.807) is 18.5 Å². The second kappa shape index (κ2) is 10.1. The van der Waals surface area contributed by atoms with Gasteiger partial charge in [0.15, 0.2) is 0 Å². The maximum absolute atomic E-state index is 13.8. The summed E-state index contributed by atoms with van der Waals surface area (Å²) < 4.78 is 13.8. The summed E-state index contributed by atoms with van der Waals surface area (Å²) in [4.78, 5) is 19.5. The van der Waals surface area contributed by atoms with Crippen LogP contribution < -0.4 is 5.32 Å². The Bertz CT molecular complexity index is 1320. The number of carbonyl (C=O) groups is 1. The quantitative estimate of drug-likeness (QED) is 0.388. The lowest BCUT2D eigenvalue weighted by molar-refractivity contribution is 0.0706. The van der Waals surface area contributed by atoms with Crippen LogP contribution in [0.25, 0.3) is 11.1 Å². The Morgan fingerprint density at radius 1 is 1.17 bits per heavy atom. The smallest absolute Gasteiger partial charge is 0.253 e. The molecule has 0 aliphatic carbocycles. The number of rotatable bonds is 6. The minimum Gasteiger partial charge on any atom is -0.381 e. The molecule has 2 aromatic heterocycles. The Kier molecular flexibility index (Phi) is 6.57. The van der Waals surface area contributed by atoms with Gasteiger partial charge in [0.25, 0.3) is 5.91 Å². The second-order valence-corrected chi connectivity index (χ2v) is 9.04. The molecule has 2 aromatic carbocycles. The monoisotopic (exact) mass is 469 g/mol. The summed E-state index contributed by atoms with van der Waals surface area (Å²) in [5.74, 6) is -0.143. The first-order chi connectivity index (χ1) is 17.1. The molecule has 4 aromatic rings. The molecule has 0 spiro atoms. The van der Waals surface area contributed by atoms with Crippen LogP contribution in [0.1, 0.15) is 45.9 Å². The predicted molar refractivity (Wildman–Crippen MR) is 135 cm³/mol. The van der Waals surface area contributed by atoms with Gasteiger partial charge in [0, 0.05) is 60.5 Å². The van der Waals surface area contributed by atoms with E-state index in [0.717, 1.165) is 46.5 Å². The molecule has 0 bridgehead atoms. The molecule has 7 heteroatoms. The number of aromatic amines is 1. The van der Waals surface area contributed by atoms with Gasteiger partial charge in [-0.25, -0.2) is 4.39 Å². The zero-order chi connectivity index (χ0) is 24.2. The highest BCUT2D eigenvalue weighted by Gasteiger charge is 2.28. The van der Waals surface area contributed by atoms with E-state index in [2.05, 4.69) is 20.5 Å². The number of aryl methyl sites for hydroxylation is 1. The number of amides is 1. The lowest BCUT2D eigenvalue weighted by Crippen LogP contribution is -2.39. The summed E-state index contributed by atoms with van der Waals surface area (Å²) in [6.45, 7) is 3.98. The molecule has 1 atom stereocenters. The average Bonchev–Trinajstić information content (AvgIpc) is 3.39.